The molecule has 0 saturated heterocycles. The number of hydrogen-bond acceptors (Lipinski definition) is 5. The summed E-state index contributed by atoms with van der Waals surface area (Å²) in [6.07, 6.45) is 2.23. The summed E-state index contributed by atoms with van der Waals surface area (Å²) in [7, 11) is 0. The van der Waals surface area contributed by atoms with E-state index in [4.69, 9.17) is 9.47 Å². The minimum Gasteiger partial charge on any atom is -0.486 e. The lowest BCUT2D eigenvalue weighted by Gasteiger charge is -2.30. The van der Waals surface area contributed by atoms with Crippen LogP contribution in [0.4, 0.5) is 10.7 Å². The number of nitrogens with one attached hydrogen (secondary N) is 1. The molecule has 1 aromatic heterocycles. The Labute approximate surface area is 180 Å². The Kier molecular flexibility index (Phi) is 5.09. The van der Waals surface area contributed by atoms with Gasteiger partial charge in [-0.1, -0.05) is 24.3 Å². The van der Waals surface area contributed by atoms with Crippen molar-refractivity contribution < 1.29 is 14.3 Å². The van der Waals surface area contributed by atoms with Crippen LogP contribution < -0.4 is 19.7 Å². The number of carbonyl (C=O) groups is 1. The third-order valence-corrected chi connectivity index (χ3v) is 6.71. The molecular weight excluding hydrogens is 396 g/mol. The first-order valence-corrected chi connectivity index (χ1v) is 11.2. The topological polar surface area (TPSA) is 50.8 Å². The van der Waals surface area contributed by atoms with Crippen LogP contribution in [0.25, 0.3) is 0 Å². The first kappa shape index (κ1) is 19.0. The number of carbonyl (C=O) groups excluding carboxylic acids is 1. The zero-order chi connectivity index (χ0) is 20.5. The summed E-state index contributed by atoms with van der Waals surface area (Å²) in [5.41, 5.74) is 3.62. The maximum absolute atomic E-state index is 12.9. The molecule has 0 spiro atoms. The zero-order valence-electron chi connectivity index (χ0n) is 16.9. The highest BCUT2D eigenvalue weighted by molar-refractivity contribution is 7.18. The second-order valence-corrected chi connectivity index (χ2v) is 8.68. The monoisotopic (exact) mass is 420 g/mol. The van der Waals surface area contributed by atoms with Crippen molar-refractivity contribution in [3.8, 4) is 11.5 Å². The van der Waals surface area contributed by atoms with E-state index in [-0.39, 0.29) is 11.9 Å². The second-order valence-electron chi connectivity index (χ2n) is 7.62. The molecule has 30 heavy (non-hydrogen) atoms. The van der Waals surface area contributed by atoms with Gasteiger partial charge in [-0.15, -0.1) is 11.3 Å². The van der Waals surface area contributed by atoms with Gasteiger partial charge in [0.15, 0.2) is 11.5 Å². The van der Waals surface area contributed by atoms with Crippen molar-refractivity contribution in [1.29, 1.82) is 0 Å². The highest BCUT2D eigenvalue weighted by atomic mass is 32.1. The molecule has 154 valence electrons. The Morgan fingerprint density at radius 3 is 2.80 bits per heavy atom. The van der Waals surface area contributed by atoms with Gasteiger partial charge in [0.2, 0.25) is 0 Å². The molecule has 0 fully saturated rings. The fourth-order valence-electron chi connectivity index (χ4n) is 4.04. The molecular formula is C24H24N2O3S. The summed E-state index contributed by atoms with van der Waals surface area (Å²) < 4.78 is 11.2. The molecule has 6 heteroatoms. The molecule has 0 radical (unpaired) electrons. The van der Waals surface area contributed by atoms with Crippen molar-refractivity contribution in [2.24, 2.45) is 0 Å². The van der Waals surface area contributed by atoms with Crippen molar-refractivity contribution in [2.75, 3.05) is 24.7 Å². The smallest absolute Gasteiger partial charge is 0.261 e. The van der Waals surface area contributed by atoms with Crippen LogP contribution >= 0.6 is 11.3 Å². The molecule has 2 aromatic carbocycles. The lowest BCUT2D eigenvalue weighted by atomic mass is 10.0. The predicted octanol–water partition coefficient (Wildman–Crippen LogP) is 5.09. The highest BCUT2D eigenvalue weighted by Gasteiger charge is 2.21. The number of aryl methyl sites for hydroxylation is 1. The maximum atomic E-state index is 12.9. The van der Waals surface area contributed by atoms with E-state index in [0.29, 0.717) is 13.2 Å². The first-order chi connectivity index (χ1) is 14.7. The van der Waals surface area contributed by atoms with Crippen LogP contribution in [0.3, 0.4) is 0 Å². The fourth-order valence-corrected chi connectivity index (χ4v) is 4.99. The van der Waals surface area contributed by atoms with Crippen LogP contribution in [0, 0.1) is 0 Å². The average molecular weight is 421 g/mol. The van der Waals surface area contributed by atoms with Gasteiger partial charge in [-0.25, -0.2) is 0 Å². The van der Waals surface area contributed by atoms with E-state index in [0.717, 1.165) is 46.3 Å². The van der Waals surface area contributed by atoms with E-state index < -0.39 is 0 Å². The van der Waals surface area contributed by atoms with Crippen LogP contribution in [0.5, 0.6) is 11.5 Å². The van der Waals surface area contributed by atoms with Crippen LogP contribution in [0.15, 0.2) is 54.6 Å². The summed E-state index contributed by atoms with van der Waals surface area (Å²) in [4.78, 5) is 15.9. The van der Waals surface area contributed by atoms with Gasteiger partial charge in [0.05, 0.1) is 15.9 Å². The third-order valence-electron chi connectivity index (χ3n) is 5.61. The standard InChI is InChI=1S/C24H24N2O3S/c1-16(18-8-9-20-21(15-18)29-14-13-28-20)25-24(27)22-10-11-23(30-22)26-12-4-6-17-5-2-3-7-19(17)26/h2-3,5,7-11,15-16H,4,6,12-14H2,1H3,(H,25,27). The summed E-state index contributed by atoms with van der Waals surface area (Å²) in [6, 6.07) is 18.2. The number of fused-ring (bicyclic) bond motifs is 2. The molecule has 1 unspecified atom stereocenters. The van der Waals surface area contributed by atoms with Crippen molar-refractivity contribution in [3.05, 3.63) is 70.6 Å². The summed E-state index contributed by atoms with van der Waals surface area (Å²) in [5, 5.41) is 4.22. The SMILES string of the molecule is CC(NC(=O)c1ccc(N2CCCc3ccccc32)s1)c1ccc2c(c1)OCCO2. The second kappa shape index (κ2) is 8.03. The first-order valence-electron chi connectivity index (χ1n) is 10.3. The molecule has 0 saturated carbocycles. The molecule has 1 amide bonds. The quantitative estimate of drug-likeness (QED) is 0.638. The molecule has 3 aromatic rings. The molecule has 1 N–H and O–H groups in total. The molecule has 2 aliphatic heterocycles. The number of amides is 1. The normalized spacial score (nSPS) is 16.0. The van der Waals surface area contributed by atoms with E-state index in [1.54, 1.807) is 11.3 Å². The molecule has 1 atom stereocenters. The van der Waals surface area contributed by atoms with Crippen LogP contribution in [0.1, 0.15) is 40.2 Å². The number of rotatable bonds is 4. The van der Waals surface area contributed by atoms with E-state index in [9.17, 15) is 4.79 Å². The van der Waals surface area contributed by atoms with E-state index in [2.05, 4.69) is 40.5 Å². The van der Waals surface area contributed by atoms with E-state index >= 15 is 0 Å². The Hall–Kier alpha value is -2.99. The number of nitrogens with zero attached hydrogens (tertiary/aromatic N) is 1. The maximum Gasteiger partial charge on any atom is 0.261 e. The number of hydrogen-bond donors (Lipinski definition) is 1. The van der Waals surface area contributed by atoms with Gasteiger partial charge in [-0.05, 0) is 61.2 Å². The average Bonchev–Trinajstić information content (AvgIpc) is 3.28. The van der Waals surface area contributed by atoms with Crippen molar-refractivity contribution in [1.82, 2.24) is 5.32 Å². The Morgan fingerprint density at radius 2 is 1.90 bits per heavy atom. The largest absolute Gasteiger partial charge is 0.486 e. The zero-order valence-corrected chi connectivity index (χ0v) is 17.7. The van der Waals surface area contributed by atoms with Crippen molar-refractivity contribution in [2.45, 2.75) is 25.8 Å². The van der Waals surface area contributed by atoms with Crippen LogP contribution in [-0.4, -0.2) is 25.7 Å². The van der Waals surface area contributed by atoms with E-state index in [1.165, 1.54) is 11.3 Å². The van der Waals surface area contributed by atoms with Crippen molar-refractivity contribution in [3.63, 3.8) is 0 Å². The number of thiophene rings is 1. The van der Waals surface area contributed by atoms with Gasteiger partial charge in [0, 0.05) is 12.2 Å². The molecule has 0 bridgehead atoms. The van der Waals surface area contributed by atoms with Crippen LogP contribution in [-0.2, 0) is 6.42 Å². The molecule has 5 nitrogen and oxygen atoms in total. The molecule has 0 aliphatic carbocycles. The van der Waals surface area contributed by atoms with Gasteiger partial charge >= 0.3 is 0 Å². The van der Waals surface area contributed by atoms with Gasteiger partial charge < -0.3 is 19.7 Å². The van der Waals surface area contributed by atoms with Crippen LogP contribution in [0.2, 0.25) is 0 Å². The third kappa shape index (κ3) is 3.63. The predicted molar refractivity (Wildman–Crippen MR) is 119 cm³/mol. The lowest BCUT2D eigenvalue weighted by molar-refractivity contribution is 0.0944. The lowest BCUT2D eigenvalue weighted by Crippen LogP contribution is -2.26. The number of benzene rings is 2. The molecule has 5 rings (SSSR count). The van der Waals surface area contributed by atoms with Gasteiger partial charge in [-0.2, -0.15) is 0 Å². The Morgan fingerprint density at radius 1 is 1.07 bits per heavy atom. The van der Waals surface area contributed by atoms with E-state index in [1.807, 2.05) is 31.2 Å². The van der Waals surface area contributed by atoms with Gasteiger partial charge in [-0.3, -0.25) is 4.79 Å². The molecule has 2 aliphatic rings. The summed E-state index contributed by atoms with van der Waals surface area (Å²) >= 11 is 1.54. The number of para-hydroxylation sites is 1. The fraction of sp³-hybridized carbons (Fsp3) is 0.292. The van der Waals surface area contributed by atoms with Gasteiger partial charge in [0.1, 0.15) is 13.2 Å². The Balaban J connectivity index is 1.30. The minimum absolute atomic E-state index is 0.0565. The molecule has 3 heterocycles. The summed E-state index contributed by atoms with van der Waals surface area (Å²) in [6.45, 7) is 4.08. The van der Waals surface area contributed by atoms with Gasteiger partial charge in [0.25, 0.3) is 5.91 Å². The Bertz CT molecular complexity index is 1080. The van der Waals surface area contributed by atoms with Crippen molar-refractivity contribution >= 4 is 27.9 Å². The summed E-state index contributed by atoms with van der Waals surface area (Å²) in [5.74, 6) is 1.44. The number of ether oxygens (including phenoxy) is 2. The minimum atomic E-state index is -0.130. The number of anilines is 2. The highest BCUT2D eigenvalue weighted by Crippen LogP contribution is 2.37.